The lowest BCUT2D eigenvalue weighted by Gasteiger charge is -2.04. The monoisotopic (exact) mass is 288 g/mol. The zero-order valence-corrected chi connectivity index (χ0v) is 10.9. The van der Waals surface area contributed by atoms with Crippen LogP contribution < -0.4 is 0 Å². The molecule has 2 nitrogen and oxygen atoms in total. The molecule has 1 heterocycles. The van der Waals surface area contributed by atoms with Crippen LogP contribution in [0.15, 0.2) is 48.5 Å². The predicted octanol–water partition coefficient (Wildman–Crippen LogP) is 4.74. The second-order valence-corrected chi connectivity index (χ2v) is 4.46. The summed E-state index contributed by atoms with van der Waals surface area (Å²) in [5.74, 6) is -0.317. The minimum absolute atomic E-state index is 0.0921. The van der Waals surface area contributed by atoms with Crippen LogP contribution in [-0.2, 0) is 0 Å². The lowest BCUT2D eigenvalue weighted by Crippen LogP contribution is -2.00. The Balaban J connectivity index is 2.08. The number of fused-ring (bicyclic) bond motifs is 1. The van der Waals surface area contributed by atoms with Gasteiger partial charge in [-0.3, -0.25) is 4.57 Å². The third-order valence-electron chi connectivity index (χ3n) is 3.14. The van der Waals surface area contributed by atoms with Crippen LogP contribution in [0.5, 0.6) is 0 Å². The third-order valence-corrected chi connectivity index (χ3v) is 3.14. The Hall–Kier alpha value is -2.56. The molecular weight excluding hydrogens is 277 g/mol. The average Bonchev–Trinajstić information content (AvgIpc) is 2.85. The van der Waals surface area contributed by atoms with Gasteiger partial charge in [0.15, 0.2) is 0 Å². The number of benzene rings is 2. The Kier molecular flexibility index (Phi) is 3.48. The van der Waals surface area contributed by atoms with Crippen LogP contribution in [0.1, 0.15) is 17.9 Å². The Morgan fingerprint density at radius 2 is 1.67 bits per heavy atom. The first-order chi connectivity index (χ1) is 10.2. The number of nitrogens with zero attached hydrogens (tertiary/aromatic N) is 2. The van der Waals surface area contributed by atoms with Crippen LogP contribution in [0.3, 0.4) is 0 Å². The van der Waals surface area contributed by atoms with E-state index in [-0.39, 0.29) is 5.82 Å². The summed E-state index contributed by atoms with van der Waals surface area (Å²) < 4.78 is 40.8. The highest BCUT2D eigenvalue weighted by atomic mass is 19.3. The van der Waals surface area contributed by atoms with Crippen LogP contribution in [-0.4, -0.2) is 9.55 Å². The molecule has 0 spiro atoms. The summed E-state index contributed by atoms with van der Waals surface area (Å²) in [6.45, 7) is -2.71. The van der Waals surface area contributed by atoms with Crippen LogP contribution in [0.25, 0.3) is 23.2 Å². The smallest absolute Gasteiger partial charge is 0.267 e. The summed E-state index contributed by atoms with van der Waals surface area (Å²) in [7, 11) is 0. The Labute approximate surface area is 119 Å². The van der Waals surface area contributed by atoms with E-state index in [1.54, 1.807) is 42.5 Å². The highest BCUT2D eigenvalue weighted by molar-refractivity contribution is 5.80. The number of imidazole rings is 1. The number of hydrogen-bond donors (Lipinski definition) is 0. The SMILES string of the molecule is Fc1ccccc1/C=C/c1nc2ccccc2n1C(F)F. The van der Waals surface area contributed by atoms with Gasteiger partial charge in [-0.25, -0.2) is 9.37 Å². The van der Waals surface area contributed by atoms with Gasteiger partial charge in [-0.15, -0.1) is 0 Å². The first-order valence-corrected chi connectivity index (χ1v) is 6.34. The van der Waals surface area contributed by atoms with E-state index in [0.717, 1.165) is 4.57 Å². The average molecular weight is 288 g/mol. The molecule has 1 aromatic heterocycles. The summed E-state index contributed by atoms with van der Waals surface area (Å²) in [6.07, 6.45) is 2.83. The standard InChI is InChI=1S/C16H11F3N2/c17-12-6-2-1-5-11(12)9-10-15-20-13-7-3-4-8-14(13)21(15)16(18)19/h1-10,16H/b10-9+. The molecular formula is C16H11F3N2. The molecule has 106 valence electrons. The summed E-state index contributed by atoms with van der Waals surface area (Å²) in [6, 6.07) is 12.8. The topological polar surface area (TPSA) is 17.8 Å². The molecule has 0 saturated heterocycles. The molecule has 0 bridgehead atoms. The molecule has 3 aromatic rings. The van der Waals surface area contributed by atoms with Gasteiger partial charge in [0, 0.05) is 5.56 Å². The molecule has 0 atom stereocenters. The van der Waals surface area contributed by atoms with Gasteiger partial charge in [0.05, 0.1) is 11.0 Å². The number of alkyl halides is 2. The van der Waals surface area contributed by atoms with Crippen molar-refractivity contribution in [2.45, 2.75) is 6.55 Å². The van der Waals surface area contributed by atoms with E-state index in [1.165, 1.54) is 18.2 Å². The van der Waals surface area contributed by atoms with E-state index in [9.17, 15) is 13.2 Å². The number of aromatic nitrogens is 2. The molecule has 0 aliphatic heterocycles. The predicted molar refractivity (Wildman–Crippen MR) is 76.3 cm³/mol. The zero-order chi connectivity index (χ0) is 14.8. The van der Waals surface area contributed by atoms with Crippen LogP contribution in [0.2, 0.25) is 0 Å². The number of halogens is 3. The highest BCUT2D eigenvalue weighted by Gasteiger charge is 2.15. The van der Waals surface area contributed by atoms with Gasteiger partial charge >= 0.3 is 6.55 Å². The van der Waals surface area contributed by atoms with Gasteiger partial charge in [0.25, 0.3) is 0 Å². The molecule has 0 unspecified atom stereocenters. The van der Waals surface area contributed by atoms with E-state index < -0.39 is 12.4 Å². The van der Waals surface area contributed by atoms with Crippen molar-refractivity contribution in [1.82, 2.24) is 9.55 Å². The van der Waals surface area contributed by atoms with E-state index in [0.29, 0.717) is 16.6 Å². The van der Waals surface area contributed by atoms with Crippen molar-refractivity contribution in [3.8, 4) is 0 Å². The molecule has 0 aliphatic rings. The molecule has 5 heteroatoms. The Morgan fingerprint density at radius 1 is 0.952 bits per heavy atom. The maximum atomic E-state index is 13.5. The molecule has 21 heavy (non-hydrogen) atoms. The Morgan fingerprint density at radius 3 is 2.43 bits per heavy atom. The first-order valence-electron chi connectivity index (χ1n) is 6.34. The van der Waals surface area contributed by atoms with Crippen molar-refractivity contribution < 1.29 is 13.2 Å². The van der Waals surface area contributed by atoms with Gasteiger partial charge in [-0.2, -0.15) is 8.78 Å². The lowest BCUT2D eigenvalue weighted by atomic mass is 10.2. The summed E-state index contributed by atoms with van der Waals surface area (Å²) in [4.78, 5) is 4.15. The van der Waals surface area contributed by atoms with Gasteiger partial charge in [-0.05, 0) is 30.4 Å². The van der Waals surface area contributed by atoms with Crippen molar-refractivity contribution >= 4 is 23.2 Å². The van der Waals surface area contributed by atoms with Gasteiger partial charge < -0.3 is 0 Å². The summed E-state index contributed by atoms with van der Waals surface area (Å²) in [5.41, 5.74) is 1.15. The minimum atomic E-state index is -2.71. The fourth-order valence-corrected chi connectivity index (χ4v) is 2.16. The van der Waals surface area contributed by atoms with E-state index in [1.807, 2.05) is 0 Å². The molecule has 0 N–H and O–H groups in total. The van der Waals surface area contributed by atoms with Crippen LogP contribution in [0.4, 0.5) is 13.2 Å². The lowest BCUT2D eigenvalue weighted by molar-refractivity contribution is 0.0739. The second kappa shape index (κ2) is 5.44. The quantitative estimate of drug-likeness (QED) is 0.680. The molecule has 0 fully saturated rings. The largest absolute Gasteiger partial charge is 0.320 e. The van der Waals surface area contributed by atoms with Crippen LogP contribution >= 0.6 is 0 Å². The summed E-state index contributed by atoms with van der Waals surface area (Å²) >= 11 is 0. The fourth-order valence-electron chi connectivity index (χ4n) is 2.16. The van der Waals surface area contributed by atoms with Crippen molar-refractivity contribution in [2.75, 3.05) is 0 Å². The normalized spacial score (nSPS) is 11.8. The molecule has 0 radical (unpaired) electrons. The van der Waals surface area contributed by atoms with Crippen molar-refractivity contribution in [3.05, 3.63) is 65.7 Å². The molecule has 0 amide bonds. The number of para-hydroxylation sites is 2. The van der Waals surface area contributed by atoms with E-state index >= 15 is 0 Å². The van der Waals surface area contributed by atoms with Gasteiger partial charge in [0.1, 0.15) is 11.6 Å². The van der Waals surface area contributed by atoms with E-state index in [2.05, 4.69) is 4.98 Å². The van der Waals surface area contributed by atoms with Crippen LogP contribution in [0, 0.1) is 5.82 Å². The van der Waals surface area contributed by atoms with Gasteiger partial charge in [0.2, 0.25) is 0 Å². The van der Waals surface area contributed by atoms with Crippen molar-refractivity contribution in [1.29, 1.82) is 0 Å². The maximum absolute atomic E-state index is 13.5. The minimum Gasteiger partial charge on any atom is -0.267 e. The molecule has 3 rings (SSSR count). The zero-order valence-electron chi connectivity index (χ0n) is 10.9. The number of hydrogen-bond acceptors (Lipinski definition) is 1. The number of rotatable bonds is 3. The van der Waals surface area contributed by atoms with Crippen molar-refractivity contribution in [3.63, 3.8) is 0 Å². The molecule has 0 saturated carbocycles. The fraction of sp³-hybridized carbons (Fsp3) is 0.0625. The van der Waals surface area contributed by atoms with E-state index in [4.69, 9.17) is 0 Å². The third kappa shape index (κ3) is 2.54. The maximum Gasteiger partial charge on any atom is 0.320 e. The highest BCUT2D eigenvalue weighted by Crippen LogP contribution is 2.24. The molecule has 2 aromatic carbocycles. The van der Waals surface area contributed by atoms with Gasteiger partial charge in [-0.1, -0.05) is 30.3 Å². The first kappa shape index (κ1) is 13.4. The van der Waals surface area contributed by atoms with Crippen molar-refractivity contribution in [2.24, 2.45) is 0 Å². The second-order valence-electron chi connectivity index (χ2n) is 4.46. The molecule has 0 aliphatic carbocycles. The Bertz CT molecular complexity index is 806. The summed E-state index contributed by atoms with van der Waals surface area (Å²) in [5, 5.41) is 0.